The van der Waals surface area contributed by atoms with E-state index in [0.29, 0.717) is 30.7 Å². The van der Waals surface area contributed by atoms with Gasteiger partial charge < -0.3 is 10.8 Å². The molecular weight excluding hydrogens is 378 g/mol. The van der Waals surface area contributed by atoms with Crippen LogP contribution in [0.5, 0.6) is 0 Å². The van der Waals surface area contributed by atoms with E-state index in [2.05, 4.69) is 32.0 Å². The van der Waals surface area contributed by atoms with Crippen LogP contribution in [-0.2, 0) is 12.8 Å². The highest BCUT2D eigenvalue weighted by molar-refractivity contribution is 7.14. The van der Waals surface area contributed by atoms with Crippen LogP contribution >= 0.6 is 22.9 Å². The number of aliphatic hydroxyl groups excluding tert-OH is 1. The van der Waals surface area contributed by atoms with Gasteiger partial charge in [0, 0.05) is 16.8 Å². The van der Waals surface area contributed by atoms with Crippen molar-refractivity contribution < 1.29 is 9.90 Å². The number of aliphatic hydroxyl groups is 1. The van der Waals surface area contributed by atoms with E-state index in [4.69, 9.17) is 17.3 Å². The van der Waals surface area contributed by atoms with Crippen molar-refractivity contribution in [3.8, 4) is 0 Å². The summed E-state index contributed by atoms with van der Waals surface area (Å²) in [5.41, 5.74) is 9.43. The Labute approximate surface area is 171 Å². The minimum Gasteiger partial charge on any atom is -0.394 e. The fourth-order valence-corrected chi connectivity index (χ4v) is 4.38. The molecule has 3 N–H and O–H groups in total. The lowest BCUT2D eigenvalue weighted by Crippen LogP contribution is -2.43. The van der Waals surface area contributed by atoms with Gasteiger partial charge in [0.05, 0.1) is 16.5 Å². The Bertz CT molecular complexity index is 781. The summed E-state index contributed by atoms with van der Waals surface area (Å²) in [5, 5.41) is 10.1. The van der Waals surface area contributed by atoms with Crippen molar-refractivity contribution in [3.63, 3.8) is 0 Å². The molecule has 0 saturated heterocycles. The quantitative estimate of drug-likeness (QED) is 0.528. The lowest BCUT2D eigenvalue weighted by atomic mass is 9.92. The molecule has 5 heteroatoms. The number of hydrogen-bond acceptors (Lipinski definition) is 4. The van der Waals surface area contributed by atoms with E-state index >= 15 is 0 Å². The summed E-state index contributed by atoms with van der Waals surface area (Å²) in [6.45, 7) is 6.15. The molecule has 1 aromatic carbocycles. The summed E-state index contributed by atoms with van der Waals surface area (Å²) in [4.78, 5) is 14.2. The van der Waals surface area contributed by atoms with Gasteiger partial charge >= 0.3 is 0 Å². The molecule has 2 aromatic rings. The van der Waals surface area contributed by atoms with Gasteiger partial charge in [0.1, 0.15) is 0 Å². The first-order chi connectivity index (χ1) is 12.8. The van der Waals surface area contributed by atoms with E-state index in [1.165, 1.54) is 28.0 Å². The highest BCUT2D eigenvalue weighted by atomic mass is 35.5. The Morgan fingerprint density at radius 1 is 1.22 bits per heavy atom. The van der Waals surface area contributed by atoms with Gasteiger partial charge in [-0.25, -0.2) is 0 Å². The molecule has 0 amide bonds. The minimum absolute atomic E-state index is 0.0449. The number of ketones is 1. The molecular formula is C22H30ClNO2S. The van der Waals surface area contributed by atoms with Gasteiger partial charge in [-0.1, -0.05) is 36.7 Å². The largest absolute Gasteiger partial charge is 0.394 e. The van der Waals surface area contributed by atoms with Crippen LogP contribution in [0.1, 0.15) is 63.8 Å². The minimum atomic E-state index is -0.580. The first-order valence-electron chi connectivity index (χ1n) is 9.55. The Morgan fingerprint density at radius 3 is 2.59 bits per heavy atom. The van der Waals surface area contributed by atoms with Crippen molar-refractivity contribution >= 4 is 28.7 Å². The zero-order valence-electron chi connectivity index (χ0n) is 16.5. The fourth-order valence-electron chi connectivity index (χ4n) is 2.98. The third-order valence-electron chi connectivity index (χ3n) is 5.34. The third kappa shape index (κ3) is 6.15. The third-order valence-corrected chi connectivity index (χ3v) is 7.03. The van der Waals surface area contributed by atoms with E-state index < -0.39 is 5.54 Å². The van der Waals surface area contributed by atoms with Crippen LogP contribution in [0.3, 0.4) is 0 Å². The van der Waals surface area contributed by atoms with E-state index in [1.807, 2.05) is 6.92 Å². The maximum Gasteiger partial charge on any atom is 0.172 e. The first kappa shape index (κ1) is 22.1. The predicted octanol–water partition coefficient (Wildman–Crippen LogP) is 5.26. The van der Waals surface area contributed by atoms with Crippen LogP contribution in [0.4, 0.5) is 0 Å². The van der Waals surface area contributed by atoms with Crippen LogP contribution in [0.15, 0.2) is 24.3 Å². The van der Waals surface area contributed by atoms with Gasteiger partial charge in [-0.05, 0) is 68.7 Å². The topological polar surface area (TPSA) is 63.3 Å². The van der Waals surface area contributed by atoms with Gasteiger partial charge in [-0.2, -0.15) is 0 Å². The lowest BCUT2D eigenvalue weighted by Gasteiger charge is -2.25. The monoisotopic (exact) mass is 407 g/mol. The average molecular weight is 408 g/mol. The molecule has 1 atom stereocenters. The van der Waals surface area contributed by atoms with Crippen molar-refractivity contribution in [2.45, 2.75) is 64.8 Å². The van der Waals surface area contributed by atoms with E-state index in [1.54, 1.807) is 6.07 Å². The van der Waals surface area contributed by atoms with Crippen molar-refractivity contribution in [1.82, 2.24) is 0 Å². The number of hydrogen-bond donors (Lipinski definition) is 2. The van der Waals surface area contributed by atoms with Gasteiger partial charge in [0.15, 0.2) is 5.78 Å². The van der Waals surface area contributed by atoms with Crippen LogP contribution < -0.4 is 5.73 Å². The van der Waals surface area contributed by atoms with Crippen LogP contribution in [-0.4, -0.2) is 23.0 Å². The molecule has 1 unspecified atom stereocenters. The summed E-state index contributed by atoms with van der Waals surface area (Å²) in [6.07, 6.45) is 4.30. The summed E-state index contributed by atoms with van der Waals surface area (Å²) in [7, 11) is 0. The summed E-state index contributed by atoms with van der Waals surface area (Å²) in [6, 6.07) is 8.26. The Hall–Kier alpha value is -1.20. The maximum atomic E-state index is 12.5. The van der Waals surface area contributed by atoms with E-state index in [0.717, 1.165) is 22.6 Å². The highest BCUT2D eigenvalue weighted by Gasteiger charge is 2.23. The SMILES string of the molecule is CCC(N)(CO)CCc1sc(C(=O)CCCc2ccc(C)c(C)c2)cc1Cl. The van der Waals surface area contributed by atoms with Crippen LogP contribution in [0, 0.1) is 13.8 Å². The summed E-state index contributed by atoms with van der Waals surface area (Å²) < 4.78 is 0. The Morgan fingerprint density at radius 2 is 1.96 bits per heavy atom. The molecule has 0 aliphatic carbocycles. The highest BCUT2D eigenvalue weighted by Crippen LogP contribution is 2.31. The molecule has 27 heavy (non-hydrogen) atoms. The number of benzene rings is 1. The second-order valence-corrected chi connectivity index (χ2v) is 9.00. The van der Waals surface area contributed by atoms with E-state index in [-0.39, 0.29) is 12.4 Å². The van der Waals surface area contributed by atoms with Crippen LogP contribution in [0.25, 0.3) is 0 Å². The molecule has 2 rings (SSSR count). The molecule has 0 radical (unpaired) electrons. The maximum absolute atomic E-state index is 12.5. The van der Waals surface area contributed by atoms with Crippen molar-refractivity contribution in [2.24, 2.45) is 5.73 Å². The summed E-state index contributed by atoms with van der Waals surface area (Å²) >= 11 is 7.78. The second kappa shape index (κ2) is 9.83. The number of halogens is 1. The number of carbonyl (C=O) groups excluding carboxylic acids is 1. The fraction of sp³-hybridized carbons (Fsp3) is 0.500. The number of thiophene rings is 1. The number of nitrogens with two attached hydrogens (primary N) is 1. The second-order valence-electron chi connectivity index (χ2n) is 7.45. The number of Topliss-reactive ketones (excluding diaryl/α,β-unsaturated/α-hetero) is 1. The smallest absolute Gasteiger partial charge is 0.172 e. The average Bonchev–Trinajstić information content (AvgIpc) is 3.03. The Kier molecular flexibility index (Phi) is 8.04. The number of rotatable bonds is 10. The standard InChI is InChI=1S/C22H30ClNO2S/c1-4-22(24,14-25)11-10-20-18(23)13-21(27-20)19(26)7-5-6-17-9-8-15(2)16(3)12-17/h8-9,12-13,25H,4-7,10-11,14,24H2,1-3H3. The molecule has 0 aliphatic rings. The van der Waals surface area contributed by atoms with Crippen molar-refractivity contribution in [2.75, 3.05) is 6.61 Å². The molecule has 0 spiro atoms. The molecule has 0 fully saturated rings. The molecule has 1 aromatic heterocycles. The molecule has 1 heterocycles. The number of aryl methyl sites for hydroxylation is 4. The first-order valence-corrected chi connectivity index (χ1v) is 10.7. The number of carbonyl (C=O) groups is 1. The predicted molar refractivity (Wildman–Crippen MR) is 115 cm³/mol. The molecule has 0 aliphatic heterocycles. The van der Waals surface area contributed by atoms with Crippen molar-refractivity contribution in [1.29, 1.82) is 0 Å². The van der Waals surface area contributed by atoms with Gasteiger partial charge in [0.25, 0.3) is 0 Å². The zero-order chi connectivity index (χ0) is 20.0. The van der Waals surface area contributed by atoms with Gasteiger partial charge in [0.2, 0.25) is 0 Å². The molecule has 148 valence electrons. The van der Waals surface area contributed by atoms with Crippen LogP contribution in [0.2, 0.25) is 5.02 Å². The molecule has 0 saturated carbocycles. The van der Waals surface area contributed by atoms with Gasteiger partial charge in [-0.15, -0.1) is 11.3 Å². The van der Waals surface area contributed by atoms with Gasteiger partial charge in [-0.3, -0.25) is 4.79 Å². The van der Waals surface area contributed by atoms with Crippen molar-refractivity contribution in [3.05, 3.63) is 55.7 Å². The molecule has 0 bridgehead atoms. The molecule has 3 nitrogen and oxygen atoms in total. The lowest BCUT2D eigenvalue weighted by molar-refractivity contribution is 0.0984. The zero-order valence-corrected chi connectivity index (χ0v) is 18.1. The normalized spacial score (nSPS) is 13.6. The Balaban J connectivity index is 1.90. The summed E-state index contributed by atoms with van der Waals surface area (Å²) in [5.74, 6) is 0.147. The van der Waals surface area contributed by atoms with E-state index in [9.17, 15) is 9.90 Å².